The van der Waals surface area contributed by atoms with Gasteiger partial charge in [0.2, 0.25) is 0 Å². The molecule has 2 aromatic rings. The van der Waals surface area contributed by atoms with Gasteiger partial charge in [-0.3, -0.25) is 4.79 Å². The molecule has 0 aliphatic heterocycles. The van der Waals surface area contributed by atoms with Crippen molar-refractivity contribution < 1.29 is 14.6 Å². The number of para-hydroxylation sites is 1. The lowest BCUT2D eigenvalue weighted by atomic mass is 9.85. The maximum absolute atomic E-state index is 11.4. The predicted octanol–water partition coefficient (Wildman–Crippen LogP) is 2.68. The van der Waals surface area contributed by atoms with Gasteiger partial charge in [-0.2, -0.15) is 0 Å². The number of carboxylic acids is 1. The summed E-state index contributed by atoms with van der Waals surface area (Å²) < 4.78 is 5.32. The fraction of sp³-hybridized carbons (Fsp3) is 0.357. The molecule has 2 N–H and O–H groups in total. The number of H-pyrrole nitrogens is 1. The number of aryl methyl sites for hydroxylation is 1. The number of aromatic amines is 1. The van der Waals surface area contributed by atoms with Crippen LogP contribution in [0.3, 0.4) is 0 Å². The van der Waals surface area contributed by atoms with E-state index in [1.165, 1.54) is 0 Å². The molecule has 0 saturated heterocycles. The Morgan fingerprint density at radius 3 is 3.06 bits per heavy atom. The maximum Gasteiger partial charge on any atom is 0.311 e. The van der Waals surface area contributed by atoms with Crippen molar-refractivity contribution in [3.05, 3.63) is 29.5 Å². The third kappa shape index (κ3) is 1.49. The molecular formula is C14H15NO3. The zero-order valence-corrected chi connectivity index (χ0v) is 10.2. The lowest BCUT2D eigenvalue weighted by molar-refractivity contribution is -0.139. The first-order chi connectivity index (χ1) is 8.72. The smallest absolute Gasteiger partial charge is 0.311 e. The van der Waals surface area contributed by atoms with E-state index < -0.39 is 11.9 Å². The van der Waals surface area contributed by atoms with Gasteiger partial charge >= 0.3 is 5.97 Å². The molecule has 0 amide bonds. The summed E-state index contributed by atoms with van der Waals surface area (Å²) in [5, 5.41) is 10.3. The average Bonchev–Trinajstić information content (AvgIpc) is 2.76. The van der Waals surface area contributed by atoms with Crippen molar-refractivity contribution in [2.24, 2.45) is 0 Å². The fourth-order valence-corrected chi connectivity index (χ4v) is 2.90. The predicted molar refractivity (Wildman–Crippen MR) is 68.2 cm³/mol. The van der Waals surface area contributed by atoms with E-state index in [9.17, 15) is 9.90 Å². The molecule has 1 aliphatic carbocycles. The topological polar surface area (TPSA) is 62.3 Å². The van der Waals surface area contributed by atoms with Crippen molar-refractivity contribution in [3.63, 3.8) is 0 Å². The largest absolute Gasteiger partial charge is 0.495 e. The van der Waals surface area contributed by atoms with E-state index in [0.717, 1.165) is 40.8 Å². The Bertz CT molecular complexity index is 615. The van der Waals surface area contributed by atoms with Gasteiger partial charge in [0, 0.05) is 11.1 Å². The molecule has 0 spiro atoms. The highest BCUT2D eigenvalue weighted by Crippen LogP contribution is 2.39. The second-order valence-electron chi connectivity index (χ2n) is 4.68. The number of benzene rings is 1. The Hall–Kier alpha value is -1.97. The third-order valence-electron chi connectivity index (χ3n) is 3.70. The normalized spacial score (nSPS) is 18.6. The molecule has 1 heterocycles. The first kappa shape index (κ1) is 11.1. The first-order valence-corrected chi connectivity index (χ1v) is 6.12. The van der Waals surface area contributed by atoms with E-state index >= 15 is 0 Å². The number of carbonyl (C=O) groups is 1. The van der Waals surface area contributed by atoms with Gasteiger partial charge in [0.25, 0.3) is 0 Å². The van der Waals surface area contributed by atoms with Crippen molar-refractivity contribution in [3.8, 4) is 5.75 Å². The number of aliphatic carboxylic acids is 1. The molecule has 4 nitrogen and oxygen atoms in total. The van der Waals surface area contributed by atoms with Crippen molar-refractivity contribution in [2.75, 3.05) is 7.11 Å². The van der Waals surface area contributed by atoms with Crippen LogP contribution in [0.15, 0.2) is 18.2 Å². The Balaban J connectivity index is 2.28. The minimum Gasteiger partial charge on any atom is -0.495 e. The van der Waals surface area contributed by atoms with Gasteiger partial charge in [-0.25, -0.2) is 0 Å². The second kappa shape index (κ2) is 4.05. The molecule has 0 radical (unpaired) electrons. The summed E-state index contributed by atoms with van der Waals surface area (Å²) in [5.41, 5.74) is 2.91. The lowest BCUT2D eigenvalue weighted by Crippen LogP contribution is -2.17. The van der Waals surface area contributed by atoms with Gasteiger partial charge in [0.15, 0.2) is 0 Å². The Morgan fingerprint density at radius 1 is 1.50 bits per heavy atom. The van der Waals surface area contributed by atoms with Crippen molar-refractivity contribution in [1.29, 1.82) is 0 Å². The quantitative estimate of drug-likeness (QED) is 0.855. The molecule has 0 fully saturated rings. The SMILES string of the molecule is COc1cccc2c3c([nH]c12)CCCC3C(=O)O. The molecule has 1 atom stereocenters. The molecule has 0 saturated carbocycles. The van der Waals surface area contributed by atoms with Crippen LogP contribution in [0.1, 0.15) is 30.0 Å². The minimum atomic E-state index is -0.736. The van der Waals surface area contributed by atoms with Crippen LogP contribution < -0.4 is 4.74 Å². The van der Waals surface area contributed by atoms with Gasteiger partial charge < -0.3 is 14.8 Å². The van der Waals surface area contributed by atoms with Crippen LogP contribution >= 0.6 is 0 Å². The number of fused-ring (bicyclic) bond motifs is 3. The fourth-order valence-electron chi connectivity index (χ4n) is 2.90. The first-order valence-electron chi connectivity index (χ1n) is 6.12. The number of hydrogen-bond acceptors (Lipinski definition) is 2. The number of rotatable bonds is 2. The van der Waals surface area contributed by atoms with Crippen molar-refractivity contribution >= 4 is 16.9 Å². The summed E-state index contributed by atoms with van der Waals surface area (Å²) in [6.45, 7) is 0. The molecule has 1 aromatic carbocycles. The highest BCUT2D eigenvalue weighted by Gasteiger charge is 2.30. The van der Waals surface area contributed by atoms with Crippen LogP contribution in [0.2, 0.25) is 0 Å². The van der Waals surface area contributed by atoms with Gasteiger partial charge in [-0.05, 0) is 30.9 Å². The summed E-state index contributed by atoms with van der Waals surface area (Å²) in [5.74, 6) is -0.361. The molecule has 1 unspecified atom stereocenters. The zero-order valence-electron chi connectivity index (χ0n) is 10.2. The van der Waals surface area contributed by atoms with Crippen LogP contribution in [0.4, 0.5) is 0 Å². The van der Waals surface area contributed by atoms with Gasteiger partial charge in [0.1, 0.15) is 5.75 Å². The molecule has 0 bridgehead atoms. The van der Waals surface area contributed by atoms with Gasteiger partial charge in [-0.1, -0.05) is 12.1 Å². The van der Waals surface area contributed by atoms with Crippen LogP contribution in [0.5, 0.6) is 5.75 Å². The summed E-state index contributed by atoms with van der Waals surface area (Å²) in [6, 6.07) is 5.76. The minimum absolute atomic E-state index is 0.394. The summed E-state index contributed by atoms with van der Waals surface area (Å²) >= 11 is 0. The molecule has 4 heteroatoms. The Kier molecular flexibility index (Phi) is 2.51. The highest BCUT2D eigenvalue weighted by atomic mass is 16.5. The number of hydrogen-bond donors (Lipinski definition) is 2. The van der Waals surface area contributed by atoms with Crippen LogP contribution in [-0.4, -0.2) is 23.2 Å². The molecule has 1 aromatic heterocycles. The van der Waals surface area contributed by atoms with E-state index in [1.54, 1.807) is 7.11 Å². The highest BCUT2D eigenvalue weighted by molar-refractivity contribution is 5.94. The van der Waals surface area contributed by atoms with Crippen molar-refractivity contribution in [1.82, 2.24) is 4.98 Å². The van der Waals surface area contributed by atoms with E-state index in [2.05, 4.69) is 4.98 Å². The standard InChI is InChI=1S/C14H15NO3/c1-18-11-7-3-4-8-12-9(14(16)17)5-2-6-10(12)15-13(8)11/h3-4,7,9,15H,2,5-6H2,1H3,(H,16,17). The Labute approximate surface area is 105 Å². The lowest BCUT2D eigenvalue weighted by Gasteiger charge is -2.19. The van der Waals surface area contributed by atoms with Gasteiger partial charge in [0.05, 0.1) is 18.5 Å². The molecule has 1 aliphatic rings. The number of methoxy groups -OCH3 is 1. The number of ether oxygens (including phenoxy) is 1. The number of nitrogens with one attached hydrogen (secondary N) is 1. The second-order valence-corrected chi connectivity index (χ2v) is 4.68. The summed E-state index contributed by atoms with van der Waals surface area (Å²) in [4.78, 5) is 14.7. The van der Waals surface area contributed by atoms with Crippen molar-refractivity contribution in [2.45, 2.75) is 25.2 Å². The van der Waals surface area contributed by atoms with E-state index in [0.29, 0.717) is 6.42 Å². The van der Waals surface area contributed by atoms with Crippen LogP contribution in [0, 0.1) is 0 Å². The van der Waals surface area contributed by atoms with E-state index in [4.69, 9.17) is 4.74 Å². The maximum atomic E-state index is 11.4. The van der Waals surface area contributed by atoms with E-state index in [1.807, 2.05) is 18.2 Å². The van der Waals surface area contributed by atoms with E-state index in [-0.39, 0.29) is 0 Å². The number of carboxylic acid groups (broad SMARTS) is 1. The monoisotopic (exact) mass is 245 g/mol. The third-order valence-corrected chi connectivity index (χ3v) is 3.70. The van der Waals surface area contributed by atoms with Crippen LogP contribution in [-0.2, 0) is 11.2 Å². The Morgan fingerprint density at radius 2 is 2.33 bits per heavy atom. The zero-order chi connectivity index (χ0) is 12.7. The molecule has 18 heavy (non-hydrogen) atoms. The summed E-state index contributed by atoms with van der Waals surface area (Å²) in [6.07, 6.45) is 2.54. The van der Waals surface area contributed by atoms with Gasteiger partial charge in [-0.15, -0.1) is 0 Å². The molecule has 94 valence electrons. The summed E-state index contributed by atoms with van der Waals surface area (Å²) in [7, 11) is 1.63. The van der Waals surface area contributed by atoms with Crippen LogP contribution in [0.25, 0.3) is 10.9 Å². The number of aromatic nitrogens is 1. The molecular weight excluding hydrogens is 230 g/mol. The average molecular weight is 245 g/mol. The molecule has 3 rings (SSSR count).